The summed E-state index contributed by atoms with van der Waals surface area (Å²) in [4.78, 5) is 20.1. The van der Waals surface area contributed by atoms with Crippen LogP contribution in [0.15, 0.2) is 36.5 Å². The summed E-state index contributed by atoms with van der Waals surface area (Å²) < 4.78 is 14.9. The van der Waals surface area contributed by atoms with Crippen molar-refractivity contribution >= 4 is 17.3 Å². The van der Waals surface area contributed by atoms with E-state index in [-0.39, 0.29) is 17.8 Å². The number of nitrogens with zero attached hydrogens (tertiary/aromatic N) is 4. The summed E-state index contributed by atoms with van der Waals surface area (Å²) in [5.41, 5.74) is 2.39. The standard InChI is InChI=1S/C20H25FN5O/c1-14-7-8-16(11-23-14)24-17-6-4-5-15(19(17)21)12-26-10-9-22-18(13-26)20(27)25(2)3/h4-8,11,18,22H,9-10,12-13H2,1-3H3/t18-/m0/s1. The van der Waals surface area contributed by atoms with Gasteiger partial charge >= 0.3 is 0 Å². The van der Waals surface area contributed by atoms with Crippen LogP contribution in [0.2, 0.25) is 0 Å². The Kier molecular flexibility index (Phi) is 6.03. The van der Waals surface area contributed by atoms with Crippen molar-refractivity contribution in [2.24, 2.45) is 0 Å². The Morgan fingerprint density at radius 3 is 2.89 bits per heavy atom. The van der Waals surface area contributed by atoms with Crippen molar-refractivity contribution in [1.29, 1.82) is 0 Å². The van der Waals surface area contributed by atoms with Gasteiger partial charge in [0.25, 0.3) is 0 Å². The first-order valence-corrected chi connectivity index (χ1v) is 9.02. The number of amides is 1. The minimum atomic E-state index is -0.327. The summed E-state index contributed by atoms with van der Waals surface area (Å²) in [7, 11) is 3.49. The van der Waals surface area contributed by atoms with Crippen molar-refractivity contribution in [3.05, 3.63) is 53.6 Å². The van der Waals surface area contributed by atoms with Gasteiger partial charge in [0, 0.05) is 51.5 Å². The lowest BCUT2D eigenvalue weighted by molar-refractivity contribution is -0.132. The van der Waals surface area contributed by atoms with Crippen LogP contribution in [0.25, 0.3) is 0 Å². The lowest BCUT2D eigenvalue weighted by Gasteiger charge is -2.34. The van der Waals surface area contributed by atoms with Crippen LogP contribution < -0.4 is 10.6 Å². The Labute approximate surface area is 159 Å². The molecule has 143 valence electrons. The number of carbonyl (C=O) groups excluding carboxylic acids is 1. The number of benzene rings is 1. The number of aromatic nitrogens is 1. The van der Waals surface area contributed by atoms with Crippen molar-refractivity contribution in [2.75, 3.05) is 33.7 Å². The van der Waals surface area contributed by atoms with Gasteiger partial charge in [-0.25, -0.2) is 9.71 Å². The van der Waals surface area contributed by atoms with Crippen LogP contribution in [0, 0.1) is 12.7 Å². The Morgan fingerprint density at radius 2 is 2.19 bits per heavy atom. The molecule has 0 aliphatic carbocycles. The molecule has 1 saturated heterocycles. The third kappa shape index (κ3) is 4.81. The van der Waals surface area contributed by atoms with Gasteiger partial charge in [0.15, 0.2) is 5.82 Å². The summed E-state index contributed by atoms with van der Waals surface area (Å²) in [5, 5.41) is 7.60. The zero-order valence-electron chi connectivity index (χ0n) is 15.9. The maximum absolute atomic E-state index is 14.9. The quantitative estimate of drug-likeness (QED) is 0.874. The van der Waals surface area contributed by atoms with Crippen molar-refractivity contribution in [3.8, 4) is 0 Å². The second-order valence-electron chi connectivity index (χ2n) is 6.99. The molecule has 0 bridgehead atoms. The van der Waals surface area contributed by atoms with E-state index in [0.717, 1.165) is 12.2 Å². The fourth-order valence-electron chi connectivity index (χ4n) is 3.11. The number of nitrogens with one attached hydrogen (secondary N) is 1. The molecule has 27 heavy (non-hydrogen) atoms. The zero-order valence-corrected chi connectivity index (χ0v) is 15.9. The van der Waals surface area contributed by atoms with Gasteiger partial charge in [-0.15, -0.1) is 0 Å². The zero-order chi connectivity index (χ0) is 19.4. The number of halogens is 1. The molecule has 1 aromatic heterocycles. The number of rotatable bonds is 5. The van der Waals surface area contributed by atoms with E-state index in [1.54, 1.807) is 37.3 Å². The molecule has 1 N–H and O–H groups in total. The largest absolute Gasteiger partial charge is 0.347 e. The molecule has 1 aliphatic heterocycles. The van der Waals surface area contributed by atoms with E-state index in [0.29, 0.717) is 36.6 Å². The molecular formula is C20H25FN5O. The second-order valence-corrected chi connectivity index (χ2v) is 6.99. The van der Waals surface area contributed by atoms with E-state index in [2.05, 4.69) is 20.5 Å². The first-order valence-electron chi connectivity index (χ1n) is 9.02. The van der Waals surface area contributed by atoms with E-state index < -0.39 is 0 Å². The number of pyridine rings is 1. The molecule has 2 heterocycles. The molecule has 6 nitrogen and oxygen atoms in total. The van der Waals surface area contributed by atoms with Crippen LogP contribution in [0.4, 0.5) is 15.8 Å². The van der Waals surface area contributed by atoms with Gasteiger partial charge in [0.05, 0.1) is 23.6 Å². The normalized spacial score (nSPS) is 17.6. The molecule has 2 aromatic rings. The highest BCUT2D eigenvalue weighted by Gasteiger charge is 2.27. The molecule has 1 radical (unpaired) electrons. The van der Waals surface area contributed by atoms with Gasteiger partial charge in [-0.05, 0) is 25.1 Å². The molecule has 1 aliphatic rings. The fourth-order valence-corrected chi connectivity index (χ4v) is 3.11. The fraction of sp³-hybridized carbons (Fsp3) is 0.400. The van der Waals surface area contributed by atoms with Crippen LogP contribution >= 0.6 is 0 Å². The van der Waals surface area contributed by atoms with E-state index in [9.17, 15) is 9.18 Å². The molecule has 1 atom stereocenters. The smallest absolute Gasteiger partial charge is 0.240 e. The highest BCUT2D eigenvalue weighted by atomic mass is 19.1. The van der Waals surface area contributed by atoms with Gasteiger partial charge in [-0.2, -0.15) is 0 Å². The summed E-state index contributed by atoms with van der Waals surface area (Å²) >= 11 is 0. The van der Waals surface area contributed by atoms with E-state index >= 15 is 0 Å². The van der Waals surface area contributed by atoms with Crippen LogP contribution in [-0.4, -0.2) is 60.5 Å². The Balaban J connectivity index is 1.70. The monoisotopic (exact) mass is 370 g/mol. The second kappa shape index (κ2) is 8.45. The van der Waals surface area contributed by atoms with Gasteiger partial charge in [0.1, 0.15) is 0 Å². The summed E-state index contributed by atoms with van der Waals surface area (Å²) in [6.07, 6.45) is 1.63. The molecule has 0 unspecified atom stereocenters. The first kappa shape index (κ1) is 19.3. The van der Waals surface area contributed by atoms with Crippen LogP contribution in [-0.2, 0) is 11.3 Å². The van der Waals surface area contributed by atoms with Gasteiger partial charge in [0.2, 0.25) is 5.91 Å². The maximum Gasteiger partial charge on any atom is 0.240 e. The van der Waals surface area contributed by atoms with E-state index in [1.807, 2.05) is 25.1 Å². The van der Waals surface area contributed by atoms with Crippen molar-refractivity contribution in [2.45, 2.75) is 19.5 Å². The number of aryl methyl sites for hydroxylation is 1. The lowest BCUT2D eigenvalue weighted by atomic mass is 10.1. The predicted octanol–water partition coefficient (Wildman–Crippen LogP) is 1.96. The van der Waals surface area contributed by atoms with Crippen LogP contribution in [0.3, 0.4) is 0 Å². The van der Waals surface area contributed by atoms with Crippen molar-refractivity contribution < 1.29 is 9.18 Å². The number of piperazine rings is 1. The SMILES string of the molecule is Cc1ccc([N]c2cccc(CN3CCN[C@H](C(=O)N(C)C)C3)c2F)cn1. The van der Waals surface area contributed by atoms with E-state index in [4.69, 9.17) is 0 Å². The molecule has 0 spiro atoms. The van der Waals surface area contributed by atoms with Crippen molar-refractivity contribution in [1.82, 2.24) is 25.4 Å². The maximum atomic E-state index is 14.9. The highest BCUT2D eigenvalue weighted by Crippen LogP contribution is 2.24. The van der Waals surface area contributed by atoms with E-state index in [1.165, 1.54) is 0 Å². The van der Waals surface area contributed by atoms with Crippen molar-refractivity contribution in [3.63, 3.8) is 0 Å². The topological polar surface area (TPSA) is 62.6 Å². The van der Waals surface area contributed by atoms with Gasteiger partial charge < -0.3 is 10.2 Å². The minimum Gasteiger partial charge on any atom is -0.347 e. The Morgan fingerprint density at radius 1 is 1.37 bits per heavy atom. The summed E-state index contributed by atoms with van der Waals surface area (Å²) in [6, 6.07) is 8.65. The summed E-state index contributed by atoms with van der Waals surface area (Å²) in [5.74, 6) is -0.289. The number of likely N-dealkylation sites (N-methyl/N-ethyl adjacent to an activating group) is 1. The third-order valence-electron chi connectivity index (χ3n) is 4.60. The molecule has 3 rings (SSSR count). The minimum absolute atomic E-state index is 0.0378. The summed E-state index contributed by atoms with van der Waals surface area (Å²) in [6.45, 7) is 4.36. The van der Waals surface area contributed by atoms with Gasteiger partial charge in [-0.3, -0.25) is 14.7 Å². The molecule has 7 heteroatoms. The van der Waals surface area contributed by atoms with Gasteiger partial charge in [-0.1, -0.05) is 12.1 Å². The highest BCUT2D eigenvalue weighted by molar-refractivity contribution is 5.81. The molecule has 1 fully saturated rings. The van der Waals surface area contributed by atoms with Crippen LogP contribution in [0.1, 0.15) is 11.3 Å². The lowest BCUT2D eigenvalue weighted by Crippen LogP contribution is -2.56. The number of hydrogen-bond acceptors (Lipinski definition) is 4. The molecular weight excluding hydrogens is 345 g/mol. The molecule has 1 amide bonds. The average Bonchev–Trinajstić information content (AvgIpc) is 2.66. The molecule has 0 saturated carbocycles. The third-order valence-corrected chi connectivity index (χ3v) is 4.60. The van der Waals surface area contributed by atoms with Crippen LogP contribution in [0.5, 0.6) is 0 Å². The Hall–Kier alpha value is -2.51. The predicted molar refractivity (Wildman–Crippen MR) is 103 cm³/mol. The number of hydrogen-bond donors (Lipinski definition) is 1. The Bertz CT molecular complexity index is 793. The average molecular weight is 370 g/mol. The first-order chi connectivity index (χ1) is 12.9. The number of carbonyl (C=O) groups is 1. The molecule has 1 aromatic carbocycles.